The van der Waals surface area contributed by atoms with Crippen molar-refractivity contribution in [1.29, 1.82) is 0 Å². The highest BCUT2D eigenvalue weighted by atomic mass is 35.5. The zero-order valence-electron chi connectivity index (χ0n) is 16.0. The first kappa shape index (κ1) is 24.8. The van der Waals surface area contributed by atoms with Gasteiger partial charge in [0.2, 0.25) is 5.91 Å². The van der Waals surface area contributed by atoms with Crippen molar-refractivity contribution in [3.63, 3.8) is 0 Å². The predicted octanol–water partition coefficient (Wildman–Crippen LogP) is 7.25. The number of thioether (sulfide) groups is 2. The van der Waals surface area contributed by atoms with Crippen LogP contribution in [0.3, 0.4) is 0 Å². The van der Waals surface area contributed by atoms with Gasteiger partial charge in [0.1, 0.15) is 5.82 Å². The van der Waals surface area contributed by atoms with E-state index in [9.17, 15) is 4.79 Å². The Hall–Kier alpha value is -0.800. The van der Waals surface area contributed by atoms with Crippen LogP contribution in [0.15, 0.2) is 35.5 Å². The van der Waals surface area contributed by atoms with E-state index in [1.165, 1.54) is 23.9 Å². The summed E-state index contributed by atoms with van der Waals surface area (Å²) in [5.41, 5.74) is 1.41. The highest BCUT2D eigenvalue weighted by Crippen LogP contribution is 2.32. The molecule has 0 aliphatic heterocycles. The fraction of sp³-hybridized carbons (Fsp3) is 0.211. The van der Waals surface area contributed by atoms with E-state index in [1.807, 2.05) is 23.7 Å². The molecule has 31 heavy (non-hydrogen) atoms. The Kier molecular flexibility index (Phi) is 9.11. The lowest BCUT2D eigenvalue weighted by molar-refractivity contribution is -0.113. The monoisotopic (exact) mass is 554 g/mol. The Morgan fingerprint density at radius 2 is 1.71 bits per heavy atom. The number of halogens is 5. The van der Waals surface area contributed by atoms with Crippen LogP contribution in [0.2, 0.25) is 25.1 Å². The number of amides is 1. The van der Waals surface area contributed by atoms with Gasteiger partial charge in [-0.1, -0.05) is 75.8 Å². The minimum atomic E-state index is -0.249. The number of nitrogens with zero attached hydrogens (tertiary/aromatic N) is 3. The molecule has 1 aromatic heterocycles. The topological polar surface area (TPSA) is 59.8 Å². The molecule has 164 valence electrons. The molecule has 3 rings (SSSR count). The molecule has 0 saturated heterocycles. The van der Waals surface area contributed by atoms with Crippen molar-refractivity contribution in [3.8, 4) is 0 Å². The summed E-state index contributed by atoms with van der Waals surface area (Å²) < 4.78 is 1.86. The van der Waals surface area contributed by atoms with Crippen molar-refractivity contribution >= 4 is 93.1 Å². The van der Waals surface area contributed by atoms with Gasteiger partial charge in [-0.3, -0.25) is 4.79 Å². The molecule has 1 N–H and O–H groups in total. The summed E-state index contributed by atoms with van der Waals surface area (Å²) in [5, 5.41) is 13.9. The Morgan fingerprint density at radius 3 is 2.45 bits per heavy atom. The van der Waals surface area contributed by atoms with E-state index >= 15 is 0 Å². The number of hydrogen-bond donors (Lipinski definition) is 1. The Balaban J connectivity index is 1.52. The van der Waals surface area contributed by atoms with Crippen LogP contribution in [0.4, 0.5) is 5.69 Å². The molecule has 0 unspecified atom stereocenters. The summed E-state index contributed by atoms with van der Waals surface area (Å²) >= 11 is 33.0. The highest BCUT2D eigenvalue weighted by molar-refractivity contribution is 7.99. The maximum absolute atomic E-state index is 12.3. The van der Waals surface area contributed by atoms with Gasteiger partial charge >= 0.3 is 0 Å². The van der Waals surface area contributed by atoms with Gasteiger partial charge in [-0.2, -0.15) is 0 Å². The molecule has 2 aromatic carbocycles. The average molecular weight is 557 g/mol. The highest BCUT2D eigenvalue weighted by Gasteiger charge is 2.14. The van der Waals surface area contributed by atoms with Gasteiger partial charge in [0.15, 0.2) is 5.16 Å². The number of anilines is 1. The van der Waals surface area contributed by atoms with Crippen LogP contribution in [0.1, 0.15) is 11.4 Å². The van der Waals surface area contributed by atoms with Crippen LogP contribution in [-0.2, 0) is 23.3 Å². The van der Waals surface area contributed by atoms with E-state index < -0.39 is 0 Å². The number of carbonyl (C=O) groups excluding carboxylic acids is 1. The van der Waals surface area contributed by atoms with Gasteiger partial charge in [0.05, 0.1) is 32.3 Å². The molecular weight excluding hydrogens is 542 g/mol. The molecule has 0 fully saturated rings. The second kappa shape index (κ2) is 11.4. The van der Waals surface area contributed by atoms with Gasteiger partial charge < -0.3 is 9.88 Å². The fourth-order valence-corrected chi connectivity index (χ4v) is 5.31. The summed E-state index contributed by atoms with van der Waals surface area (Å²) in [6.07, 6.45) is 0. The standard InChI is InChI=1S/C19H15Cl5N4OS2/c1-28-17(8-30-7-10-2-3-11(20)4-12(10)21)26-27-19(28)31-9-18(29)25-16-6-14(23)13(22)5-15(16)24/h2-6H,7-9H2,1H3,(H,25,29). The molecule has 12 heteroatoms. The molecule has 3 aromatic rings. The number of hydrogen-bond acceptors (Lipinski definition) is 5. The molecule has 1 amide bonds. The number of nitrogens with one attached hydrogen (secondary N) is 1. The van der Waals surface area contributed by atoms with Crippen LogP contribution in [0.5, 0.6) is 0 Å². The largest absolute Gasteiger partial charge is 0.324 e. The van der Waals surface area contributed by atoms with Crippen LogP contribution in [0.25, 0.3) is 0 Å². The van der Waals surface area contributed by atoms with Crippen molar-refractivity contribution < 1.29 is 4.79 Å². The maximum atomic E-state index is 12.3. The molecule has 5 nitrogen and oxygen atoms in total. The summed E-state index contributed by atoms with van der Waals surface area (Å²) in [5.74, 6) is 2.05. The van der Waals surface area contributed by atoms with E-state index in [-0.39, 0.29) is 11.7 Å². The van der Waals surface area contributed by atoms with Gasteiger partial charge in [0, 0.05) is 22.8 Å². The molecule has 0 saturated carbocycles. The van der Waals surface area contributed by atoms with Crippen LogP contribution >= 0.6 is 81.5 Å². The van der Waals surface area contributed by atoms with Crippen molar-refractivity contribution in [3.05, 3.63) is 66.8 Å². The van der Waals surface area contributed by atoms with Crippen molar-refractivity contribution in [2.75, 3.05) is 11.1 Å². The third kappa shape index (κ3) is 6.84. The Bertz CT molecular complexity index is 1110. The van der Waals surface area contributed by atoms with E-state index in [0.29, 0.717) is 41.7 Å². The third-order valence-electron chi connectivity index (χ3n) is 4.05. The molecular formula is C19H15Cl5N4OS2. The molecule has 0 atom stereocenters. The fourth-order valence-electron chi connectivity index (χ4n) is 2.42. The van der Waals surface area contributed by atoms with Gasteiger partial charge in [-0.15, -0.1) is 22.0 Å². The number of rotatable bonds is 8. The SMILES string of the molecule is Cn1c(CSCc2ccc(Cl)cc2Cl)nnc1SCC(=O)Nc1cc(Cl)c(Cl)cc1Cl. The Labute approximate surface area is 213 Å². The summed E-state index contributed by atoms with van der Waals surface area (Å²) in [6.45, 7) is 0. The number of benzene rings is 2. The van der Waals surface area contributed by atoms with Crippen LogP contribution < -0.4 is 5.32 Å². The lowest BCUT2D eigenvalue weighted by Crippen LogP contribution is -2.15. The second-order valence-corrected chi connectivity index (χ2v) is 10.3. The number of aromatic nitrogens is 3. The third-order valence-corrected chi connectivity index (χ3v) is 7.66. The van der Waals surface area contributed by atoms with E-state index in [4.69, 9.17) is 58.0 Å². The van der Waals surface area contributed by atoms with Gasteiger partial charge in [0.25, 0.3) is 0 Å². The van der Waals surface area contributed by atoms with Crippen molar-refractivity contribution in [2.24, 2.45) is 7.05 Å². The van der Waals surface area contributed by atoms with E-state index in [0.717, 1.165) is 17.1 Å². The first-order chi connectivity index (χ1) is 14.7. The van der Waals surface area contributed by atoms with Gasteiger partial charge in [-0.25, -0.2) is 0 Å². The van der Waals surface area contributed by atoms with Crippen molar-refractivity contribution in [2.45, 2.75) is 16.7 Å². The Morgan fingerprint density at radius 1 is 0.968 bits per heavy atom. The molecule has 0 bridgehead atoms. The minimum Gasteiger partial charge on any atom is -0.324 e. The first-order valence-corrected chi connectivity index (χ1v) is 12.7. The number of carbonyl (C=O) groups is 1. The van der Waals surface area contributed by atoms with E-state index in [1.54, 1.807) is 17.8 Å². The lowest BCUT2D eigenvalue weighted by Gasteiger charge is -2.09. The normalized spacial score (nSPS) is 11.0. The summed E-state index contributed by atoms with van der Waals surface area (Å²) in [4.78, 5) is 12.3. The smallest absolute Gasteiger partial charge is 0.234 e. The van der Waals surface area contributed by atoms with Crippen LogP contribution in [-0.4, -0.2) is 26.4 Å². The maximum Gasteiger partial charge on any atom is 0.234 e. The van der Waals surface area contributed by atoms with Crippen LogP contribution in [0, 0.1) is 0 Å². The van der Waals surface area contributed by atoms with Crippen molar-refractivity contribution in [1.82, 2.24) is 14.8 Å². The predicted molar refractivity (Wildman–Crippen MR) is 133 cm³/mol. The average Bonchev–Trinajstić information content (AvgIpc) is 3.06. The summed E-state index contributed by atoms with van der Waals surface area (Å²) in [6, 6.07) is 8.45. The molecule has 0 aliphatic rings. The summed E-state index contributed by atoms with van der Waals surface area (Å²) in [7, 11) is 1.86. The molecule has 0 radical (unpaired) electrons. The molecule has 0 aliphatic carbocycles. The zero-order valence-corrected chi connectivity index (χ0v) is 21.4. The molecule has 1 heterocycles. The first-order valence-electron chi connectivity index (χ1n) is 8.71. The van der Waals surface area contributed by atoms with E-state index in [2.05, 4.69) is 15.5 Å². The quantitative estimate of drug-likeness (QED) is 0.234. The second-order valence-electron chi connectivity index (χ2n) is 6.27. The van der Waals surface area contributed by atoms with Gasteiger partial charge in [-0.05, 0) is 29.8 Å². The molecule has 0 spiro atoms. The minimum absolute atomic E-state index is 0.135. The zero-order chi connectivity index (χ0) is 22.5. The lowest BCUT2D eigenvalue weighted by atomic mass is 10.2.